The van der Waals surface area contributed by atoms with Crippen LogP contribution in [0, 0.1) is 0 Å². The second-order valence-electron chi connectivity index (χ2n) is 8.23. The number of benzene rings is 1. The van der Waals surface area contributed by atoms with Crippen molar-refractivity contribution in [3.05, 3.63) is 71.7 Å². The number of ketones is 1. The number of nitrogens with one attached hydrogen (secondary N) is 1. The highest BCUT2D eigenvalue weighted by molar-refractivity contribution is 6.45. The molecule has 0 radical (unpaired) electrons. The average Bonchev–Trinajstić information content (AvgIpc) is 3.60. The van der Waals surface area contributed by atoms with Crippen molar-refractivity contribution in [1.82, 2.24) is 19.8 Å². The van der Waals surface area contributed by atoms with Crippen LogP contribution in [0.5, 0.6) is 5.75 Å². The minimum Gasteiger partial charge on any atom is -0.494 e. The van der Waals surface area contributed by atoms with Crippen molar-refractivity contribution in [2.45, 2.75) is 0 Å². The number of pyridine rings is 1. The van der Waals surface area contributed by atoms with Crippen molar-refractivity contribution in [2.75, 3.05) is 33.3 Å². The molecule has 4 aromatic rings. The Bertz CT molecular complexity index is 1460. The van der Waals surface area contributed by atoms with Crippen LogP contribution in [-0.2, 0) is 4.79 Å². The van der Waals surface area contributed by atoms with Gasteiger partial charge in [-0.3, -0.25) is 19.2 Å². The first-order chi connectivity index (χ1) is 17.5. The Labute approximate surface area is 205 Å². The van der Waals surface area contributed by atoms with Gasteiger partial charge in [0.15, 0.2) is 17.8 Å². The van der Waals surface area contributed by atoms with E-state index in [-0.39, 0.29) is 30.3 Å². The number of H-pyrrole nitrogens is 1. The molecule has 0 bridgehead atoms. The third-order valence-corrected chi connectivity index (χ3v) is 6.18. The molecule has 2 amide bonds. The molecule has 36 heavy (non-hydrogen) atoms. The van der Waals surface area contributed by atoms with Crippen LogP contribution in [0.2, 0.25) is 0 Å². The quantitative estimate of drug-likeness (QED) is 0.252. The number of nitrogens with zero attached hydrogens (tertiary/aromatic N) is 3. The Morgan fingerprint density at radius 2 is 1.75 bits per heavy atom. The summed E-state index contributed by atoms with van der Waals surface area (Å²) in [5.74, 6) is -0.690. The number of hydrogen-bond acceptors (Lipinski definition) is 7. The van der Waals surface area contributed by atoms with Gasteiger partial charge in [-0.2, -0.15) is 0 Å². The van der Waals surface area contributed by atoms with Crippen molar-refractivity contribution in [1.29, 1.82) is 0 Å². The van der Waals surface area contributed by atoms with Crippen molar-refractivity contribution in [3.63, 3.8) is 0 Å². The van der Waals surface area contributed by atoms with Crippen LogP contribution < -0.4 is 4.74 Å². The molecular formula is C26H22N4O6. The van der Waals surface area contributed by atoms with Crippen LogP contribution in [0.15, 0.2) is 59.3 Å². The van der Waals surface area contributed by atoms with Gasteiger partial charge < -0.3 is 23.9 Å². The number of Topliss-reactive ketones (excluding diaryl/α,β-unsaturated/α-hetero) is 1. The third-order valence-electron chi connectivity index (χ3n) is 6.18. The minimum absolute atomic E-state index is 0.105. The first-order valence-corrected chi connectivity index (χ1v) is 11.3. The van der Waals surface area contributed by atoms with Crippen molar-refractivity contribution in [2.24, 2.45) is 0 Å². The van der Waals surface area contributed by atoms with E-state index in [9.17, 15) is 19.2 Å². The Kier molecular flexibility index (Phi) is 6.07. The third kappa shape index (κ3) is 4.02. The summed E-state index contributed by atoms with van der Waals surface area (Å²) < 4.78 is 10.9. The monoisotopic (exact) mass is 486 g/mol. The van der Waals surface area contributed by atoms with Gasteiger partial charge in [-0.15, -0.1) is 0 Å². The van der Waals surface area contributed by atoms with E-state index < -0.39 is 11.7 Å². The highest BCUT2D eigenvalue weighted by Gasteiger charge is 2.31. The first-order valence-electron chi connectivity index (χ1n) is 11.3. The zero-order chi connectivity index (χ0) is 25.2. The Hall–Kier alpha value is -4.73. The summed E-state index contributed by atoms with van der Waals surface area (Å²) in [4.78, 5) is 60.6. The fraction of sp³-hybridized carbons (Fsp3) is 0.192. The first kappa shape index (κ1) is 23.0. The Balaban J connectivity index is 1.37. The molecular weight excluding hydrogens is 464 g/mol. The molecule has 0 atom stereocenters. The van der Waals surface area contributed by atoms with Gasteiger partial charge in [0.1, 0.15) is 11.4 Å². The van der Waals surface area contributed by atoms with Gasteiger partial charge in [0.05, 0.1) is 29.8 Å². The van der Waals surface area contributed by atoms with Gasteiger partial charge in [-0.25, -0.2) is 4.98 Å². The Morgan fingerprint density at radius 3 is 2.42 bits per heavy atom. The maximum absolute atomic E-state index is 13.3. The smallest absolute Gasteiger partial charge is 0.295 e. The van der Waals surface area contributed by atoms with E-state index in [0.29, 0.717) is 53.0 Å². The van der Waals surface area contributed by atoms with Gasteiger partial charge in [0.25, 0.3) is 17.6 Å². The summed E-state index contributed by atoms with van der Waals surface area (Å²) in [7, 11) is 1.44. The van der Waals surface area contributed by atoms with E-state index in [4.69, 9.17) is 9.15 Å². The fourth-order valence-corrected chi connectivity index (χ4v) is 4.32. The number of carbonyl (C=O) groups is 4. The summed E-state index contributed by atoms with van der Waals surface area (Å²) in [5.41, 5.74) is 1.54. The number of aldehydes is 1. The number of fused-ring (bicyclic) bond motifs is 1. The number of amides is 2. The molecule has 0 unspecified atom stereocenters. The summed E-state index contributed by atoms with van der Waals surface area (Å²) in [6.45, 7) is 1.15. The molecule has 10 heteroatoms. The fourth-order valence-electron chi connectivity index (χ4n) is 4.32. The van der Waals surface area contributed by atoms with E-state index in [1.54, 1.807) is 35.2 Å². The number of methoxy groups -OCH3 is 1. The molecule has 0 spiro atoms. The zero-order valence-corrected chi connectivity index (χ0v) is 19.4. The highest BCUT2D eigenvalue weighted by atomic mass is 16.5. The van der Waals surface area contributed by atoms with Crippen molar-refractivity contribution >= 4 is 34.8 Å². The average molecular weight is 486 g/mol. The largest absolute Gasteiger partial charge is 0.494 e. The maximum atomic E-state index is 13.3. The standard InChI is InChI=1S/C26H22N4O6/c1-35-20-14-28-22(19-8-7-17(15-31)36-19)23-21(20)18(13-27-23)24(32)26(34)30-11-9-29(10-12-30)25(33)16-5-3-2-4-6-16/h2-8,13-15,27H,9-12H2,1H3. The molecule has 5 rings (SSSR count). The lowest BCUT2D eigenvalue weighted by molar-refractivity contribution is -0.127. The van der Waals surface area contributed by atoms with Crippen LogP contribution in [0.4, 0.5) is 0 Å². The number of aromatic nitrogens is 2. The predicted molar refractivity (Wildman–Crippen MR) is 129 cm³/mol. The van der Waals surface area contributed by atoms with Gasteiger partial charge in [0, 0.05) is 37.9 Å². The molecule has 1 N–H and O–H groups in total. The van der Waals surface area contributed by atoms with Gasteiger partial charge in [-0.05, 0) is 24.3 Å². The van der Waals surface area contributed by atoms with Crippen LogP contribution >= 0.6 is 0 Å². The van der Waals surface area contributed by atoms with Crippen molar-refractivity contribution < 1.29 is 28.3 Å². The number of rotatable bonds is 6. The lowest BCUT2D eigenvalue weighted by Gasteiger charge is -2.34. The summed E-state index contributed by atoms with van der Waals surface area (Å²) >= 11 is 0. The minimum atomic E-state index is -0.701. The number of carbonyl (C=O) groups excluding carboxylic acids is 4. The molecule has 1 aliphatic heterocycles. The number of aromatic amines is 1. The van der Waals surface area contributed by atoms with Gasteiger partial charge in [-0.1, -0.05) is 18.2 Å². The summed E-state index contributed by atoms with van der Waals surface area (Å²) in [5, 5.41) is 0.391. The molecule has 1 aromatic carbocycles. The van der Waals surface area contributed by atoms with E-state index in [0.717, 1.165) is 0 Å². The molecule has 1 aliphatic rings. The van der Waals surface area contributed by atoms with E-state index in [2.05, 4.69) is 9.97 Å². The number of hydrogen-bond donors (Lipinski definition) is 1. The molecule has 1 saturated heterocycles. The molecule has 4 heterocycles. The summed E-state index contributed by atoms with van der Waals surface area (Å²) in [6.07, 6.45) is 3.46. The van der Waals surface area contributed by atoms with Gasteiger partial charge in [0.2, 0.25) is 0 Å². The molecule has 1 fully saturated rings. The normalized spacial score (nSPS) is 13.6. The lowest BCUT2D eigenvalue weighted by Crippen LogP contribution is -2.52. The second-order valence-corrected chi connectivity index (χ2v) is 8.23. The maximum Gasteiger partial charge on any atom is 0.295 e. The predicted octanol–water partition coefficient (Wildman–Crippen LogP) is 2.81. The van der Waals surface area contributed by atoms with Crippen LogP contribution in [0.3, 0.4) is 0 Å². The number of ether oxygens (including phenoxy) is 1. The molecule has 182 valence electrons. The van der Waals surface area contributed by atoms with E-state index >= 15 is 0 Å². The second kappa shape index (κ2) is 9.49. The molecule has 3 aromatic heterocycles. The van der Waals surface area contributed by atoms with Crippen LogP contribution in [0.25, 0.3) is 22.4 Å². The topological polar surface area (TPSA) is 126 Å². The van der Waals surface area contributed by atoms with Crippen molar-refractivity contribution in [3.8, 4) is 17.2 Å². The zero-order valence-electron chi connectivity index (χ0n) is 19.4. The van der Waals surface area contributed by atoms with E-state index in [1.807, 2.05) is 6.07 Å². The lowest BCUT2D eigenvalue weighted by atomic mass is 10.1. The molecule has 0 aliphatic carbocycles. The Morgan fingerprint density at radius 1 is 1.03 bits per heavy atom. The van der Waals surface area contributed by atoms with Crippen LogP contribution in [-0.4, -0.2) is 76.9 Å². The van der Waals surface area contributed by atoms with Crippen LogP contribution in [0.1, 0.15) is 31.3 Å². The summed E-state index contributed by atoms with van der Waals surface area (Å²) in [6, 6.07) is 12.1. The molecule has 10 nitrogen and oxygen atoms in total. The van der Waals surface area contributed by atoms with E-state index in [1.165, 1.54) is 30.5 Å². The number of piperazine rings is 1. The SMILES string of the molecule is COc1cnc(-c2ccc(C=O)o2)c2[nH]cc(C(=O)C(=O)N3CCN(C(=O)c4ccccc4)CC3)c12. The number of furan rings is 1. The highest BCUT2D eigenvalue weighted by Crippen LogP contribution is 2.35. The van der Waals surface area contributed by atoms with Gasteiger partial charge >= 0.3 is 0 Å². The molecule has 0 saturated carbocycles.